The third-order valence-electron chi connectivity index (χ3n) is 3.41. The molecule has 0 aromatic heterocycles. The molecule has 1 rings (SSSR count). The van der Waals surface area contributed by atoms with Crippen molar-refractivity contribution in [3.63, 3.8) is 0 Å². The molecule has 0 aromatic rings. The number of hydrogen-bond acceptors (Lipinski definition) is 7. The molecule has 0 aliphatic carbocycles. The molecule has 1 aliphatic rings. The van der Waals surface area contributed by atoms with Crippen molar-refractivity contribution in [1.29, 1.82) is 0 Å². The van der Waals surface area contributed by atoms with Crippen LogP contribution in [-0.2, 0) is 28.6 Å². The molecule has 0 saturated carbocycles. The smallest absolute Gasteiger partial charge is 0.323 e. The molecular formula is C12H19NO6. The second-order valence-electron chi connectivity index (χ2n) is 4.28. The van der Waals surface area contributed by atoms with Crippen molar-refractivity contribution < 1.29 is 28.6 Å². The van der Waals surface area contributed by atoms with Crippen LogP contribution < -0.4 is 5.32 Å². The van der Waals surface area contributed by atoms with E-state index < -0.39 is 35.8 Å². The molecule has 1 saturated heterocycles. The van der Waals surface area contributed by atoms with Crippen LogP contribution in [0.4, 0.5) is 0 Å². The van der Waals surface area contributed by atoms with Crippen LogP contribution in [0.2, 0.25) is 0 Å². The highest BCUT2D eigenvalue weighted by Gasteiger charge is 2.54. The number of ether oxygens (including phenoxy) is 3. The van der Waals surface area contributed by atoms with Crippen molar-refractivity contribution in [3.8, 4) is 0 Å². The summed E-state index contributed by atoms with van der Waals surface area (Å²) in [6.07, 6.45) is 0.570. The maximum Gasteiger partial charge on any atom is 0.323 e. The number of rotatable bonds is 4. The largest absolute Gasteiger partial charge is 0.469 e. The van der Waals surface area contributed by atoms with Crippen LogP contribution in [0.15, 0.2) is 0 Å². The lowest BCUT2D eigenvalue weighted by Gasteiger charge is -2.20. The SMILES string of the molecule is CCC1N[C@H](C(=O)OC)[C@H](C(=O)OC)[C@@H]1C(=O)OC. The summed E-state index contributed by atoms with van der Waals surface area (Å²) in [4.78, 5) is 35.4. The Morgan fingerprint density at radius 3 is 1.79 bits per heavy atom. The van der Waals surface area contributed by atoms with E-state index in [4.69, 9.17) is 4.74 Å². The maximum absolute atomic E-state index is 11.9. The van der Waals surface area contributed by atoms with Crippen LogP contribution in [-0.4, -0.2) is 51.3 Å². The number of nitrogens with one attached hydrogen (secondary N) is 1. The minimum atomic E-state index is -0.935. The van der Waals surface area contributed by atoms with Crippen molar-refractivity contribution >= 4 is 17.9 Å². The Bertz CT molecular complexity index is 369. The van der Waals surface area contributed by atoms with E-state index in [1.165, 1.54) is 21.3 Å². The third-order valence-corrected chi connectivity index (χ3v) is 3.41. The second-order valence-corrected chi connectivity index (χ2v) is 4.28. The van der Waals surface area contributed by atoms with Crippen LogP contribution in [0.3, 0.4) is 0 Å². The van der Waals surface area contributed by atoms with Gasteiger partial charge in [0.2, 0.25) is 0 Å². The lowest BCUT2D eigenvalue weighted by molar-refractivity contribution is -0.159. The van der Waals surface area contributed by atoms with Crippen molar-refractivity contribution in [3.05, 3.63) is 0 Å². The van der Waals surface area contributed by atoms with Gasteiger partial charge in [-0.15, -0.1) is 0 Å². The number of carbonyl (C=O) groups excluding carboxylic acids is 3. The Balaban J connectivity index is 3.12. The second kappa shape index (κ2) is 6.51. The minimum absolute atomic E-state index is 0.333. The Kier molecular flexibility index (Phi) is 5.29. The molecule has 1 fully saturated rings. The summed E-state index contributed by atoms with van der Waals surface area (Å²) in [5, 5.41) is 2.95. The van der Waals surface area contributed by atoms with Crippen LogP contribution in [0.25, 0.3) is 0 Å². The Hall–Kier alpha value is -1.63. The van der Waals surface area contributed by atoms with E-state index in [9.17, 15) is 14.4 Å². The van der Waals surface area contributed by atoms with Gasteiger partial charge >= 0.3 is 17.9 Å². The fourth-order valence-electron chi connectivity index (χ4n) is 2.47. The number of carbonyl (C=O) groups is 3. The Morgan fingerprint density at radius 2 is 1.37 bits per heavy atom. The molecule has 1 unspecified atom stereocenters. The van der Waals surface area contributed by atoms with E-state index >= 15 is 0 Å². The molecule has 1 aliphatic heterocycles. The third kappa shape index (κ3) is 2.86. The van der Waals surface area contributed by atoms with Gasteiger partial charge in [0.15, 0.2) is 0 Å². The Morgan fingerprint density at radius 1 is 0.895 bits per heavy atom. The first kappa shape index (κ1) is 15.4. The summed E-state index contributed by atoms with van der Waals surface area (Å²) >= 11 is 0. The fourth-order valence-corrected chi connectivity index (χ4v) is 2.47. The van der Waals surface area contributed by atoms with E-state index in [1.807, 2.05) is 6.92 Å². The molecular weight excluding hydrogens is 254 g/mol. The van der Waals surface area contributed by atoms with Crippen LogP contribution in [0, 0.1) is 11.8 Å². The van der Waals surface area contributed by atoms with E-state index in [-0.39, 0.29) is 6.04 Å². The molecule has 7 nitrogen and oxygen atoms in total. The summed E-state index contributed by atoms with van der Waals surface area (Å²) < 4.78 is 14.0. The number of hydrogen-bond donors (Lipinski definition) is 1. The highest BCUT2D eigenvalue weighted by Crippen LogP contribution is 2.32. The van der Waals surface area contributed by atoms with Gasteiger partial charge in [-0.2, -0.15) is 0 Å². The summed E-state index contributed by atoms with van der Waals surface area (Å²) in [6.45, 7) is 1.85. The van der Waals surface area contributed by atoms with E-state index in [1.54, 1.807) is 0 Å². The fraction of sp³-hybridized carbons (Fsp3) is 0.750. The highest BCUT2D eigenvalue weighted by atomic mass is 16.5. The first-order valence-corrected chi connectivity index (χ1v) is 6.01. The maximum atomic E-state index is 11.9. The van der Waals surface area contributed by atoms with E-state index in [2.05, 4.69) is 14.8 Å². The van der Waals surface area contributed by atoms with Gasteiger partial charge in [-0.1, -0.05) is 6.92 Å². The molecule has 0 bridgehead atoms. The standard InChI is InChI=1S/C12H19NO6/c1-5-6-7(10(14)17-2)8(11(15)18-3)9(13-6)12(16)19-4/h6-9,13H,5H2,1-4H3/t6?,7-,8-,9+/m1/s1. The van der Waals surface area contributed by atoms with Crippen LogP contribution >= 0.6 is 0 Å². The summed E-state index contributed by atoms with van der Waals surface area (Å²) in [5.41, 5.74) is 0. The number of methoxy groups -OCH3 is 3. The van der Waals surface area contributed by atoms with Gasteiger partial charge in [-0.05, 0) is 6.42 Å². The average molecular weight is 273 g/mol. The molecule has 1 N–H and O–H groups in total. The molecule has 19 heavy (non-hydrogen) atoms. The van der Waals surface area contributed by atoms with Crippen molar-refractivity contribution in [2.75, 3.05) is 21.3 Å². The zero-order chi connectivity index (χ0) is 14.6. The van der Waals surface area contributed by atoms with Gasteiger partial charge in [-0.25, -0.2) is 0 Å². The quantitative estimate of drug-likeness (QED) is 0.544. The van der Waals surface area contributed by atoms with E-state index in [0.29, 0.717) is 6.42 Å². The van der Waals surface area contributed by atoms with Crippen molar-refractivity contribution in [2.45, 2.75) is 25.4 Å². The van der Waals surface area contributed by atoms with Crippen molar-refractivity contribution in [2.24, 2.45) is 11.8 Å². The molecule has 0 aromatic carbocycles. The van der Waals surface area contributed by atoms with Crippen LogP contribution in [0.5, 0.6) is 0 Å². The monoisotopic (exact) mass is 273 g/mol. The van der Waals surface area contributed by atoms with Crippen LogP contribution in [0.1, 0.15) is 13.3 Å². The molecule has 7 heteroatoms. The van der Waals surface area contributed by atoms with E-state index in [0.717, 1.165) is 0 Å². The predicted molar refractivity (Wildman–Crippen MR) is 64.0 cm³/mol. The van der Waals surface area contributed by atoms with Gasteiger partial charge in [0.05, 0.1) is 33.2 Å². The Labute approximate surface area is 111 Å². The minimum Gasteiger partial charge on any atom is -0.469 e. The van der Waals surface area contributed by atoms with Gasteiger partial charge in [-0.3, -0.25) is 19.7 Å². The first-order chi connectivity index (χ1) is 9.01. The highest BCUT2D eigenvalue weighted by molar-refractivity contribution is 5.90. The molecule has 0 spiro atoms. The first-order valence-electron chi connectivity index (χ1n) is 6.01. The zero-order valence-corrected chi connectivity index (χ0v) is 11.5. The predicted octanol–water partition coefficient (Wildman–Crippen LogP) is -0.512. The summed E-state index contributed by atoms with van der Waals surface area (Å²) in [5.74, 6) is -3.46. The molecule has 108 valence electrons. The zero-order valence-electron chi connectivity index (χ0n) is 11.5. The lowest BCUT2D eigenvalue weighted by Crippen LogP contribution is -2.42. The summed E-state index contributed by atoms with van der Waals surface area (Å²) in [6, 6.07) is -1.23. The van der Waals surface area contributed by atoms with Gasteiger partial charge < -0.3 is 14.2 Å². The molecule has 0 amide bonds. The average Bonchev–Trinajstić information content (AvgIpc) is 2.83. The normalized spacial score (nSPS) is 29.7. The molecule has 4 atom stereocenters. The molecule has 0 radical (unpaired) electrons. The van der Waals surface area contributed by atoms with Gasteiger partial charge in [0.1, 0.15) is 6.04 Å². The molecule has 1 heterocycles. The number of esters is 3. The lowest BCUT2D eigenvalue weighted by atomic mass is 9.86. The van der Waals surface area contributed by atoms with Crippen molar-refractivity contribution in [1.82, 2.24) is 5.32 Å². The van der Waals surface area contributed by atoms with Gasteiger partial charge in [0, 0.05) is 6.04 Å². The topological polar surface area (TPSA) is 90.9 Å². The van der Waals surface area contributed by atoms with Gasteiger partial charge in [0.25, 0.3) is 0 Å². The summed E-state index contributed by atoms with van der Waals surface area (Å²) in [7, 11) is 3.68.